The monoisotopic (exact) mass is 792 g/mol. The van der Waals surface area contributed by atoms with Crippen molar-refractivity contribution in [3.8, 4) is 11.8 Å². The van der Waals surface area contributed by atoms with E-state index in [1.807, 2.05) is 11.8 Å². The number of aromatic nitrogens is 3. The number of carbonyl (C=O) groups excluding carboxylic acids is 5. The number of imide groups is 2. The van der Waals surface area contributed by atoms with Gasteiger partial charge in [0.15, 0.2) is 5.65 Å². The average molecular weight is 793 g/mol. The molecular weight excluding hydrogens is 760 g/mol. The summed E-state index contributed by atoms with van der Waals surface area (Å²) in [6.07, 6.45) is -1.67. The Kier molecular flexibility index (Phi) is 9.73. The third-order valence-electron chi connectivity index (χ3n) is 10.4. The van der Waals surface area contributed by atoms with E-state index in [4.69, 9.17) is 0 Å². The quantitative estimate of drug-likeness (QED) is 0.143. The Bertz CT molecular complexity index is 2620. The van der Waals surface area contributed by atoms with Crippen molar-refractivity contribution < 1.29 is 41.5 Å². The number of nitrogens with one attached hydrogen (secondary N) is 2. The van der Waals surface area contributed by atoms with Gasteiger partial charge in [-0.3, -0.25) is 39.1 Å². The second-order valence-electron chi connectivity index (χ2n) is 14.1. The maximum Gasteiger partial charge on any atom is 0.418 e. The highest BCUT2D eigenvalue weighted by Crippen LogP contribution is 2.39. The number of imidazole rings is 1. The highest BCUT2D eigenvalue weighted by molar-refractivity contribution is 6.23. The summed E-state index contributed by atoms with van der Waals surface area (Å²) in [7, 11) is 0. The van der Waals surface area contributed by atoms with Crippen molar-refractivity contribution in [2.24, 2.45) is 0 Å². The fourth-order valence-electron chi connectivity index (χ4n) is 7.31. The summed E-state index contributed by atoms with van der Waals surface area (Å²) >= 11 is 0. The summed E-state index contributed by atoms with van der Waals surface area (Å²) in [5, 5.41) is 8.92. The smallest absolute Gasteiger partial charge is 0.368 e. The van der Waals surface area contributed by atoms with Crippen LogP contribution in [-0.2, 0) is 22.3 Å². The molecule has 2 fully saturated rings. The lowest BCUT2D eigenvalue weighted by molar-refractivity contribution is -0.137. The summed E-state index contributed by atoms with van der Waals surface area (Å²) < 4.78 is 60.4. The van der Waals surface area contributed by atoms with E-state index in [2.05, 4.69) is 32.6 Å². The molecule has 0 aliphatic carbocycles. The molecule has 13 nitrogen and oxygen atoms in total. The van der Waals surface area contributed by atoms with E-state index in [0.29, 0.717) is 16.9 Å². The van der Waals surface area contributed by atoms with Crippen LogP contribution in [0, 0.1) is 24.6 Å². The molecule has 5 amide bonds. The maximum absolute atomic E-state index is 15.3. The first-order valence-electron chi connectivity index (χ1n) is 18.2. The van der Waals surface area contributed by atoms with E-state index in [-0.39, 0.29) is 79.2 Å². The standard InChI is InChI=1S/C41H32F4N8O5/c1-23-4-5-25(17-24(23)6-8-28-21-46-35-3-2-12-47-53(28)35)37(55)48-27-7-9-33(31(19-27)41(43,44)45)51-15-13-50(14-16-51)22-26-18-29-30(20-32(26)42)40(58)52(39(29)57)34-10-11-36(54)49-38(34)56/h2-5,7,9,12,17-21,34H,10-11,13-16,22H2,1H3,(H,48,55)(H,49,54,56). The van der Waals surface area contributed by atoms with E-state index >= 15 is 4.39 Å². The minimum atomic E-state index is -4.76. The summed E-state index contributed by atoms with van der Waals surface area (Å²) in [4.78, 5) is 72.0. The molecule has 5 heterocycles. The molecule has 1 atom stereocenters. The highest BCUT2D eigenvalue weighted by atomic mass is 19.4. The van der Waals surface area contributed by atoms with Gasteiger partial charge in [-0.25, -0.2) is 13.9 Å². The zero-order valence-electron chi connectivity index (χ0n) is 30.7. The van der Waals surface area contributed by atoms with Crippen molar-refractivity contribution in [1.82, 2.24) is 29.7 Å². The van der Waals surface area contributed by atoms with E-state index < -0.39 is 53.1 Å². The van der Waals surface area contributed by atoms with Crippen LogP contribution in [0.25, 0.3) is 5.65 Å². The molecule has 0 saturated carbocycles. The van der Waals surface area contributed by atoms with Gasteiger partial charge in [-0.2, -0.15) is 18.3 Å². The molecule has 2 saturated heterocycles. The Labute approximate surface area is 327 Å². The van der Waals surface area contributed by atoms with Crippen molar-refractivity contribution in [3.05, 3.63) is 124 Å². The molecule has 0 spiro atoms. The first-order valence-corrected chi connectivity index (χ1v) is 18.2. The number of benzene rings is 3. The van der Waals surface area contributed by atoms with Gasteiger partial charge in [0.2, 0.25) is 11.8 Å². The fourth-order valence-corrected chi connectivity index (χ4v) is 7.31. The van der Waals surface area contributed by atoms with Gasteiger partial charge in [-0.1, -0.05) is 12.0 Å². The molecule has 5 aromatic rings. The van der Waals surface area contributed by atoms with Crippen molar-refractivity contribution >= 4 is 46.6 Å². The minimum absolute atomic E-state index is 0.00798. The summed E-state index contributed by atoms with van der Waals surface area (Å²) in [5.74, 6) is 1.77. The molecule has 8 rings (SSSR count). The third kappa shape index (κ3) is 7.25. The van der Waals surface area contributed by atoms with Gasteiger partial charge in [0, 0.05) is 73.4 Å². The van der Waals surface area contributed by atoms with Gasteiger partial charge in [-0.05, 0) is 79.4 Å². The van der Waals surface area contributed by atoms with Crippen LogP contribution in [0.5, 0.6) is 0 Å². The van der Waals surface area contributed by atoms with E-state index in [1.54, 1.807) is 52.1 Å². The first kappa shape index (κ1) is 38.0. The number of hydrogen-bond acceptors (Lipinski definition) is 9. The molecule has 2 N–H and O–H groups in total. The molecule has 3 aliphatic heterocycles. The number of piperidine rings is 1. The number of piperazine rings is 1. The molecule has 2 aromatic heterocycles. The lowest BCUT2D eigenvalue weighted by Crippen LogP contribution is -2.54. The van der Waals surface area contributed by atoms with E-state index in [9.17, 15) is 37.1 Å². The number of halogens is 4. The van der Waals surface area contributed by atoms with Crippen molar-refractivity contribution in [1.29, 1.82) is 0 Å². The largest absolute Gasteiger partial charge is 0.418 e. The molecular formula is C41H32F4N8O5. The van der Waals surface area contributed by atoms with Crippen LogP contribution < -0.4 is 15.5 Å². The van der Waals surface area contributed by atoms with Crippen molar-refractivity contribution in [2.75, 3.05) is 36.4 Å². The second kappa shape index (κ2) is 14.9. The predicted molar refractivity (Wildman–Crippen MR) is 200 cm³/mol. The molecule has 1 unspecified atom stereocenters. The maximum atomic E-state index is 15.3. The number of nitrogens with zero attached hydrogens (tertiary/aromatic N) is 6. The Morgan fingerprint density at radius 3 is 2.45 bits per heavy atom. The molecule has 294 valence electrons. The van der Waals surface area contributed by atoms with Gasteiger partial charge in [0.1, 0.15) is 17.6 Å². The number of anilines is 2. The summed E-state index contributed by atoms with van der Waals surface area (Å²) in [5.41, 5.74) is 1.46. The van der Waals surface area contributed by atoms with Gasteiger partial charge >= 0.3 is 6.18 Å². The Hall–Kier alpha value is -6.93. The second-order valence-corrected chi connectivity index (χ2v) is 14.1. The van der Waals surface area contributed by atoms with Gasteiger partial charge in [0.25, 0.3) is 17.7 Å². The van der Waals surface area contributed by atoms with Crippen LogP contribution in [0.4, 0.5) is 28.9 Å². The van der Waals surface area contributed by atoms with Gasteiger partial charge in [0.05, 0.1) is 22.9 Å². The number of carbonyl (C=O) groups is 5. The van der Waals surface area contributed by atoms with Crippen LogP contribution in [0.15, 0.2) is 73.1 Å². The van der Waals surface area contributed by atoms with Crippen LogP contribution >= 0.6 is 0 Å². The topological polar surface area (TPSA) is 149 Å². The summed E-state index contributed by atoms with van der Waals surface area (Å²) in [6, 6.07) is 13.0. The third-order valence-corrected chi connectivity index (χ3v) is 10.4. The predicted octanol–water partition coefficient (Wildman–Crippen LogP) is 4.57. The zero-order chi connectivity index (χ0) is 40.9. The number of hydrogen-bond donors (Lipinski definition) is 2. The highest BCUT2D eigenvalue weighted by Gasteiger charge is 2.45. The molecule has 3 aromatic carbocycles. The van der Waals surface area contributed by atoms with E-state index in [0.717, 1.165) is 22.6 Å². The zero-order valence-corrected chi connectivity index (χ0v) is 30.7. The molecule has 0 bridgehead atoms. The van der Waals surface area contributed by atoms with Gasteiger partial charge in [-0.15, -0.1) is 0 Å². The van der Waals surface area contributed by atoms with E-state index in [1.165, 1.54) is 18.2 Å². The molecule has 58 heavy (non-hydrogen) atoms. The number of alkyl halides is 3. The first-order chi connectivity index (χ1) is 27.7. The van der Waals surface area contributed by atoms with Crippen molar-refractivity contribution in [2.45, 2.75) is 38.5 Å². The Morgan fingerprint density at radius 1 is 0.948 bits per heavy atom. The van der Waals surface area contributed by atoms with Crippen LogP contribution in [0.2, 0.25) is 0 Å². The van der Waals surface area contributed by atoms with Gasteiger partial charge < -0.3 is 10.2 Å². The number of fused-ring (bicyclic) bond motifs is 2. The lowest BCUT2D eigenvalue weighted by atomic mass is 10.0. The Balaban J connectivity index is 0.933. The van der Waals surface area contributed by atoms with Crippen molar-refractivity contribution in [3.63, 3.8) is 0 Å². The molecule has 17 heteroatoms. The van der Waals surface area contributed by atoms with Crippen LogP contribution in [0.1, 0.15) is 71.9 Å². The molecule has 0 radical (unpaired) electrons. The lowest BCUT2D eigenvalue weighted by Gasteiger charge is -2.37. The SMILES string of the molecule is Cc1ccc(C(=O)Nc2ccc(N3CCN(Cc4cc5c(cc4F)C(=O)N(C4CCC(=O)NC4=O)C5=O)CC3)c(C(F)(F)F)c2)cc1C#Cc1cnc2cccnn12. The average Bonchev–Trinajstić information content (AvgIpc) is 3.71. The minimum Gasteiger partial charge on any atom is -0.368 e. The number of amides is 5. The fraction of sp³-hybridized carbons (Fsp3) is 0.244. The number of aryl methyl sites for hydroxylation is 1. The number of rotatable bonds is 6. The van der Waals surface area contributed by atoms with Crippen LogP contribution in [-0.4, -0.2) is 86.2 Å². The normalized spacial score (nSPS) is 17.3. The summed E-state index contributed by atoms with van der Waals surface area (Å²) in [6.45, 7) is 2.63. The van der Waals surface area contributed by atoms with Crippen LogP contribution in [0.3, 0.4) is 0 Å². The molecule has 3 aliphatic rings. The Morgan fingerprint density at radius 2 is 1.71 bits per heavy atom.